The highest BCUT2D eigenvalue weighted by atomic mass is 16.5. The van der Waals surface area contributed by atoms with Crippen molar-refractivity contribution in [2.45, 2.75) is 102 Å². The van der Waals surface area contributed by atoms with Gasteiger partial charge in [-0.2, -0.15) is 0 Å². The van der Waals surface area contributed by atoms with Crippen molar-refractivity contribution in [3.8, 4) is 17.0 Å². The SMILES string of the molecule is COc1ccc([C@H]2CC[C@H](CN(c3cc(-c4coc(C5CC5)n4)ccn3)C(=O)[C@H]3CC[C@H](CNC(=O)C4CCC4)CC3)CC2)nc1C. The van der Waals surface area contributed by atoms with Crippen molar-refractivity contribution in [3.05, 3.63) is 54.0 Å². The van der Waals surface area contributed by atoms with Crippen molar-refractivity contribution in [1.82, 2.24) is 20.3 Å². The summed E-state index contributed by atoms with van der Waals surface area (Å²) >= 11 is 0. The van der Waals surface area contributed by atoms with Gasteiger partial charge < -0.3 is 14.5 Å². The van der Waals surface area contributed by atoms with E-state index in [2.05, 4.69) is 11.4 Å². The molecule has 0 unspecified atom stereocenters. The molecule has 4 fully saturated rings. The van der Waals surface area contributed by atoms with Crippen molar-refractivity contribution in [2.24, 2.45) is 23.7 Å². The smallest absolute Gasteiger partial charge is 0.231 e. The van der Waals surface area contributed by atoms with Gasteiger partial charge in [-0.15, -0.1) is 0 Å². The summed E-state index contributed by atoms with van der Waals surface area (Å²) in [7, 11) is 1.69. The Kier molecular flexibility index (Phi) is 9.59. The highest BCUT2D eigenvalue weighted by molar-refractivity contribution is 5.94. The van der Waals surface area contributed by atoms with E-state index in [0.29, 0.717) is 36.0 Å². The van der Waals surface area contributed by atoms with Gasteiger partial charge >= 0.3 is 0 Å². The number of carbonyl (C=O) groups is 2. The van der Waals surface area contributed by atoms with Gasteiger partial charge in [0.15, 0.2) is 5.89 Å². The van der Waals surface area contributed by atoms with Gasteiger partial charge in [0, 0.05) is 54.2 Å². The largest absolute Gasteiger partial charge is 0.495 e. The van der Waals surface area contributed by atoms with Crippen LogP contribution in [-0.2, 0) is 9.59 Å². The zero-order valence-corrected chi connectivity index (χ0v) is 28.0. The third-order valence-corrected chi connectivity index (χ3v) is 11.3. The van der Waals surface area contributed by atoms with E-state index in [-0.39, 0.29) is 23.7 Å². The average molecular weight is 640 g/mol. The van der Waals surface area contributed by atoms with Gasteiger partial charge in [-0.05, 0) is 120 Å². The lowest BCUT2D eigenvalue weighted by atomic mass is 9.79. The molecule has 0 saturated heterocycles. The Balaban J connectivity index is 1.03. The van der Waals surface area contributed by atoms with Gasteiger partial charge in [0.25, 0.3) is 0 Å². The summed E-state index contributed by atoms with van der Waals surface area (Å²) in [4.78, 5) is 43.1. The van der Waals surface area contributed by atoms with E-state index in [4.69, 9.17) is 24.1 Å². The molecule has 0 spiro atoms. The van der Waals surface area contributed by atoms with Crippen LogP contribution in [0.25, 0.3) is 11.3 Å². The third-order valence-electron chi connectivity index (χ3n) is 11.3. The van der Waals surface area contributed by atoms with E-state index in [9.17, 15) is 9.59 Å². The van der Waals surface area contributed by atoms with Crippen molar-refractivity contribution in [1.29, 1.82) is 0 Å². The Morgan fingerprint density at radius 3 is 2.32 bits per heavy atom. The van der Waals surface area contributed by atoms with Crippen molar-refractivity contribution in [2.75, 3.05) is 25.1 Å². The molecule has 4 saturated carbocycles. The Labute approximate surface area is 278 Å². The van der Waals surface area contributed by atoms with Crippen LogP contribution in [0.4, 0.5) is 5.82 Å². The lowest BCUT2D eigenvalue weighted by Crippen LogP contribution is -2.43. The second-order valence-electron chi connectivity index (χ2n) is 14.5. The maximum Gasteiger partial charge on any atom is 0.231 e. The molecule has 4 aliphatic carbocycles. The van der Waals surface area contributed by atoms with Gasteiger partial charge in [0.05, 0.1) is 12.8 Å². The summed E-state index contributed by atoms with van der Waals surface area (Å²) in [5.41, 5.74) is 3.80. The number of aryl methyl sites for hydroxylation is 1. The van der Waals surface area contributed by atoms with Gasteiger partial charge in [-0.1, -0.05) is 6.42 Å². The number of hydrogen-bond donors (Lipinski definition) is 1. The molecule has 7 rings (SSSR count). The number of oxazole rings is 1. The first-order valence-electron chi connectivity index (χ1n) is 18.0. The molecule has 250 valence electrons. The maximum absolute atomic E-state index is 14.4. The first kappa shape index (κ1) is 31.8. The number of anilines is 1. The van der Waals surface area contributed by atoms with Gasteiger partial charge in [-0.3, -0.25) is 19.5 Å². The van der Waals surface area contributed by atoms with Gasteiger partial charge in [0.2, 0.25) is 11.8 Å². The minimum Gasteiger partial charge on any atom is -0.495 e. The molecule has 0 radical (unpaired) electrons. The standard InChI is InChI=1S/C38H49N5O4/c1-24-34(46-2)17-16-32(41-24)27-10-8-26(9-11-27)22-43(35-20-31(18-19-39-35)33-23-47-37(42-33)29-14-15-29)38(45)30-12-6-25(7-13-30)21-40-36(44)28-4-3-5-28/h16-20,23,25-30H,3-15,21-22H2,1-2H3,(H,40,44)/t25-,26-,27-,30-. The molecule has 1 N–H and O–H groups in total. The molecule has 0 bridgehead atoms. The molecule has 9 nitrogen and oxygen atoms in total. The van der Waals surface area contributed by atoms with Crippen LogP contribution in [0.2, 0.25) is 0 Å². The summed E-state index contributed by atoms with van der Waals surface area (Å²) < 4.78 is 11.2. The number of ether oxygens (including phenoxy) is 1. The number of aromatic nitrogens is 3. The first-order valence-corrected chi connectivity index (χ1v) is 18.0. The van der Waals surface area contributed by atoms with Crippen LogP contribution in [0.15, 0.2) is 41.1 Å². The number of hydrogen-bond acceptors (Lipinski definition) is 7. The minimum atomic E-state index is -0.0321. The topological polar surface area (TPSA) is 110 Å². The monoisotopic (exact) mass is 639 g/mol. The molecule has 47 heavy (non-hydrogen) atoms. The third kappa shape index (κ3) is 7.39. The molecule has 3 heterocycles. The van der Waals surface area contributed by atoms with Gasteiger partial charge in [0.1, 0.15) is 23.5 Å². The van der Waals surface area contributed by atoms with E-state index in [1.165, 1.54) is 6.42 Å². The first-order chi connectivity index (χ1) is 22.9. The van der Waals surface area contributed by atoms with Crippen LogP contribution in [-0.4, -0.2) is 47.0 Å². The van der Waals surface area contributed by atoms with E-state index in [1.54, 1.807) is 19.6 Å². The second-order valence-corrected chi connectivity index (χ2v) is 14.5. The average Bonchev–Trinajstić information content (AvgIpc) is 3.81. The Morgan fingerprint density at radius 1 is 0.894 bits per heavy atom. The molecule has 0 aromatic carbocycles. The fourth-order valence-electron chi connectivity index (χ4n) is 7.76. The normalized spacial score (nSPS) is 24.7. The zero-order chi connectivity index (χ0) is 32.3. The Bertz CT molecular complexity index is 1550. The Morgan fingerprint density at radius 2 is 1.64 bits per heavy atom. The van der Waals surface area contributed by atoms with Crippen molar-refractivity contribution in [3.63, 3.8) is 0 Å². The molecule has 3 aromatic heterocycles. The molecule has 0 atom stereocenters. The summed E-state index contributed by atoms with van der Waals surface area (Å²) in [5, 5.41) is 3.19. The van der Waals surface area contributed by atoms with Crippen LogP contribution in [0, 0.1) is 30.6 Å². The van der Waals surface area contributed by atoms with Crippen LogP contribution in [0.1, 0.15) is 113 Å². The fraction of sp³-hybridized carbons (Fsp3) is 0.605. The highest BCUT2D eigenvalue weighted by Gasteiger charge is 2.34. The molecule has 4 aliphatic rings. The summed E-state index contributed by atoms with van der Waals surface area (Å²) in [6, 6.07) is 8.11. The van der Waals surface area contributed by atoms with Crippen LogP contribution in [0.5, 0.6) is 5.75 Å². The summed E-state index contributed by atoms with van der Waals surface area (Å²) in [6.45, 7) is 3.40. The van der Waals surface area contributed by atoms with E-state index >= 15 is 0 Å². The molecule has 3 aromatic rings. The van der Waals surface area contributed by atoms with Crippen molar-refractivity contribution >= 4 is 17.6 Å². The van der Waals surface area contributed by atoms with Crippen LogP contribution in [0.3, 0.4) is 0 Å². The number of carbonyl (C=O) groups excluding carboxylic acids is 2. The second kappa shape index (κ2) is 14.2. The molecular weight excluding hydrogens is 590 g/mol. The lowest BCUT2D eigenvalue weighted by molar-refractivity contribution is -0.128. The number of amides is 2. The number of pyridine rings is 2. The number of methoxy groups -OCH3 is 1. The predicted octanol–water partition coefficient (Wildman–Crippen LogP) is 7.36. The number of nitrogens with zero attached hydrogens (tertiary/aromatic N) is 4. The molecule has 0 aliphatic heterocycles. The zero-order valence-electron chi connectivity index (χ0n) is 28.0. The van der Waals surface area contributed by atoms with E-state index < -0.39 is 0 Å². The summed E-state index contributed by atoms with van der Waals surface area (Å²) in [6.07, 6.45) is 16.8. The van der Waals surface area contributed by atoms with Gasteiger partial charge in [-0.25, -0.2) is 9.97 Å². The van der Waals surface area contributed by atoms with E-state index in [1.807, 2.05) is 30.0 Å². The summed E-state index contributed by atoms with van der Waals surface area (Å²) in [5.74, 6) is 4.63. The van der Waals surface area contributed by atoms with Crippen molar-refractivity contribution < 1.29 is 18.7 Å². The minimum absolute atomic E-state index is 0.0321. The predicted molar refractivity (Wildman–Crippen MR) is 180 cm³/mol. The van der Waals surface area contributed by atoms with Crippen LogP contribution < -0.4 is 15.0 Å². The highest BCUT2D eigenvalue weighted by Crippen LogP contribution is 2.41. The molecule has 9 heteroatoms. The number of rotatable bonds is 11. The molecule has 2 amide bonds. The van der Waals surface area contributed by atoms with Crippen LogP contribution >= 0.6 is 0 Å². The maximum atomic E-state index is 14.4. The Hall–Kier alpha value is -3.75. The number of nitrogens with one attached hydrogen (secondary N) is 1. The lowest BCUT2D eigenvalue weighted by Gasteiger charge is -2.36. The quantitative estimate of drug-likeness (QED) is 0.233. The van der Waals surface area contributed by atoms with E-state index in [0.717, 1.165) is 118 Å². The fourth-order valence-corrected chi connectivity index (χ4v) is 7.76. The molecular formula is C38H49N5O4.